The zero-order chi connectivity index (χ0) is 12.7. The number of urea groups is 1. The van der Waals surface area contributed by atoms with E-state index in [0.29, 0.717) is 6.61 Å². The first-order valence-corrected chi connectivity index (χ1v) is 4.85. The second-order valence-corrected chi connectivity index (χ2v) is 3.53. The molecule has 16 heavy (non-hydrogen) atoms. The highest BCUT2D eigenvalue weighted by atomic mass is 16.5. The van der Waals surface area contributed by atoms with Gasteiger partial charge >= 0.3 is 12.0 Å². The van der Waals surface area contributed by atoms with Gasteiger partial charge in [-0.1, -0.05) is 0 Å². The molecular formula is C9H18N2O5. The maximum atomic E-state index is 11.3. The Labute approximate surface area is 93.8 Å². The fraction of sp³-hybridized carbons (Fsp3) is 0.778. The second-order valence-electron chi connectivity index (χ2n) is 3.53. The summed E-state index contributed by atoms with van der Waals surface area (Å²) in [6.45, 7) is 3.32. The number of aliphatic hydroxyl groups excluding tert-OH is 1. The van der Waals surface area contributed by atoms with Crippen LogP contribution in [0.3, 0.4) is 0 Å². The summed E-state index contributed by atoms with van der Waals surface area (Å²) >= 11 is 0. The molecule has 4 N–H and O–H groups in total. The smallest absolute Gasteiger partial charge is 0.328 e. The van der Waals surface area contributed by atoms with Crippen LogP contribution >= 0.6 is 0 Å². The molecule has 7 nitrogen and oxygen atoms in total. The van der Waals surface area contributed by atoms with E-state index >= 15 is 0 Å². The number of aliphatic carboxylic acids is 1. The van der Waals surface area contributed by atoms with E-state index in [1.165, 1.54) is 14.0 Å². The van der Waals surface area contributed by atoms with Gasteiger partial charge in [0.15, 0.2) is 6.04 Å². The summed E-state index contributed by atoms with van der Waals surface area (Å²) < 4.78 is 4.80. The number of carbonyl (C=O) groups is 2. The molecule has 0 bridgehead atoms. The predicted octanol–water partition coefficient (Wildman–Crippen LogP) is -0.845. The molecule has 0 aromatic carbocycles. The minimum Gasteiger partial charge on any atom is -0.480 e. The van der Waals surface area contributed by atoms with E-state index in [4.69, 9.17) is 14.9 Å². The lowest BCUT2D eigenvalue weighted by atomic mass is 10.2. The monoisotopic (exact) mass is 234 g/mol. The minimum absolute atomic E-state index is 0.242. The van der Waals surface area contributed by atoms with Crippen molar-refractivity contribution in [2.45, 2.75) is 32.0 Å². The topological polar surface area (TPSA) is 108 Å². The van der Waals surface area contributed by atoms with Crippen LogP contribution < -0.4 is 10.6 Å². The molecule has 0 saturated heterocycles. The van der Waals surface area contributed by atoms with Gasteiger partial charge < -0.3 is 25.6 Å². The molecule has 0 rings (SSSR count). The summed E-state index contributed by atoms with van der Waals surface area (Å²) in [6, 6.07) is -2.22. The van der Waals surface area contributed by atoms with Crippen molar-refractivity contribution in [3.63, 3.8) is 0 Å². The summed E-state index contributed by atoms with van der Waals surface area (Å²) in [5, 5.41) is 22.4. The molecule has 0 fully saturated rings. The molecule has 7 heteroatoms. The third kappa shape index (κ3) is 5.52. The highest BCUT2D eigenvalue weighted by Crippen LogP contribution is 1.93. The number of carboxylic acids is 1. The van der Waals surface area contributed by atoms with Crippen molar-refractivity contribution in [2.75, 3.05) is 13.7 Å². The number of aliphatic hydroxyl groups is 1. The normalized spacial score (nSPS) is 16.0. The van der Waals surface area contributed by atoms with Gasteiger partial charge in [0.05, 0.1) is 18.8 Å². The van der Waals surface area contributed by atoms with Crippen molar-refractivity contribution in [3.8, 4) is 0 Å². The first-order valence-electron chi connectivity index (χ1n) is 4.85. The van der Waals surface area contributed by atoms with Crippen molar-refractivity contribution in [3.05, 3.63) is 0 Å². The largest absolute Gasteiger partial charge is 0.480 e. The average molecular weight is 234 g/mol. The Kier molecular flexibility index (Phi) is 6.43. The lowest BCUT2D eigenvalue weighted by Gasteiger charge is -2.19. The van der Waals surface area contributed by atoms with E-state index in [9.17, 15) is 9.59 Å². The zero-order valence-electron chi connectivity index (χ0n) is 9.56. The molecule has 0 aliphatic carbocycles. The van der Waals surface area contributed by atoms with E-state index in [1.54, 1.807) is 6.92 Å². The number of methoxy groups -OCH3 is 1. The number of carboxylic acid groups (broad SMARTS) is 1. The molecule has 0 aromatic heterocycles. The van der Waals surface area contributed by atoms with Crippen LogP contribution in [-0.4, -0.2) is 54.1 Å². The van der Waals surface area contributed by atoms with E-state index in [2.05, 4.69) is 10.6 Å². The summed E-state index contributed by atoms with van der Waals surface area (Å²) in [5.41, 5.74) is 0. The lowest BCUT2D eigenvalue weighted by molar-refractivity contribution is -0.141. The molecule has 0 saturated carbocycles. The Hall–Kier alpha value is -1.34. The van der Waals surface area contributed by atoms with Crippen LogP contribution in [0.2, 0.25) is 0 Å². The summed E-state index contributed by atoms with van der Waals surface area (Å²) in [5.74, 6) is -1.29. The molecule has 0 spiro atoms. The molecule has 94 valence electrons. The van der Waals surface area contributed by atoms with Crippen LogP contribution in [0.15, 0.2) is 0 Å². The van der Waals surface area contributed by atoms with Gasteiger partial charge in [0.2, 0.25) is 0 Å². The van der Waals surface area contributed by atoms with Crippen LogP contribution in [0, 0.1) is 0 Å². The minimum atomic E-state index is -1.32. The molecule has 0 heterocycles. The first kappa shape index (κ1) is 14.7. The van der Waals surface area contributed by atoms with Gasteiger partial charge in [0.25, 0.3) is 0 Å². The number of hydrogen-bond donors (Lipinski definition) is 4. The molecule has 0 aliphatic heterocycles. The molecule has 3 atom stereocenters. The number of rotatable bonds is 6. The Bertz CT molecular complexity index is 244. The Morgan fingerprint density at radius 3 is 2.25 bits per heavy atom. The number of nitrogens with one attached hydrogen (secondary N) is 2. The van der Waals surface area contributed by atoms with Crippen molar-refractivity contribution in [2.24, 2.45) is 0 Å². The van der Waals surface area contributed by atoms with Crippen LogP contribution in [-0.2, 0) is 9.53 Å². The van der Waals surface area contributed by atoms with E-state index in [1.807, 2.05) is 0 Å². The summed E-state index contributed by atoms with van der Waals surface area (Å²) in [6.07, 6.45) is -1.17. The zero-order valence-corrected chi connectivity index (χ0v) is 9.56. The quantitative estimate of drug-likeness (QED) is 0.479. The fourth-order valence-electron chi connectivity index (χ4n) is 1.09. The average Bonchev–Trinajstić information content (AvgIpc) is 2.13. The van der Waals surface area contributed by atoms with Gasteiger partial charge in [0, 0.05) is 7.11 Å². The van der Waals surface area contributed by atoms with Gasteiger partial charge in [-0.2, -0.15) is 0 Å². The maximum Gasteiger partial charge on any atom is 0.328 e. The van der Waals surface area contributed by atoms with Gasteiger partial charge in [-0.25, -0.2) is 9.59 Å². The number of amides is 2. The highest BCUT2D eigenvalue weighted by molar-refractivity contribution is 5.83. The maximum absolute atomic E-state index is 11.3. The SMILES string of the molecule is COCC(C)NC(=O)N[C@H](C(=O)O)[C@@H](C)O. The van der Waals surface area contributed by atoms with Crippen LogP contribution in [0.25, 0.3) is 0 Å². The fourth-order valence-corrected chi connectivity index (χ4v) is 1.09. The highest BCUT2D eigenvalue weighted by Gasteiger charge is 2.25. The molecule has 1 unspecified atom stereocenters. The molecule has 2 amide bonds. The molecule has 0 radical (unpaired) electrons. The number of hydrogen-bond acceptors (Lipinski definition) is 4. The lowest BCUT2D eigenvalue weighted by Crippen LogP contribution is -2.53. The van der Waals surface area contributed by atoms with Crippen molar-refractivity contribution in [1.82, 2.24) is 10.6 Å². The standard InChI is InChI=1S/C9H18N2O5/c1-5(4-16-3)10-9(15)11-7(6(2)12)8(13)14/h5-7,12H,4H2,1-3H3,(H,13,14)(H2,10,11,15)/t5?,6-,7+/m1/s1. The third-order valence-corrected chi connectivity index (χ3v) is 1.83. The van der Waals surface area contributed by atoms with Crippen molar-refractivity contribution in [1.29, 1.82) is 0 Å². The summed E-state index contributed by atoms with van der Waals surface area (Å²) in [4.78, 5) is 22.0. The van der Waals surface area contributed by atoms with E-state index < -0.39 is 24.1 Å². The number of carbonyl (C=O) groups excluding carboxylic acids is 1. The van der Waals surface area contributed by atoms with Crippen LogP contribution in [0.4, 0.5) is 4.79 Å². The first-order chi connectivity index (χ1) is 7.38. The summed E-state index contributed by atoms with van der Waals surface area (Å²) in [7, 11) is 1.49. The van der Waals surface area contributed by atoms with E-state index in [0.717, 1.165) is 0 Å². The Balaban J connectivity index is 4.15. The van der Waals surface area contributed by atoms with Gasteiger partial charge in [-0.3, -0.25) is 0 Å². The van der Waals surface area contributed by atoms with Gasteiger partial charge in [-0.05, 0) is 13.8 Å². The predicted molar refractivity (Wildman–Crippen MR) is 56.1 cm³/mol. The molecular weight excluding hydrogens is 216 g/mol. The van der Waals surface area contributed by atoms with Crippen LogP contribution in [0.1, 0.15) is 13.8 Å². The third-order valence-electron chi connectivity index (χ3n) is 1.83. The van der Waals surface area contributed by atoms with Gasteiger partial charge in [-0.15, -0.1) is 0 Å². The van der Waals surface area contributed by atoms with Gasteiger partial charge in [0.1, 0.15) is 0 Å². The van der Waals surface area contributed by atoms with Crippen molar-refractivity contribution < 1.29 is 24.5 Å². The van der Waals surface area contributed by atoms with E-state index in [-0.39, 0.29) is 6.04 Å². The molecule has 0 aliphatic rings. The molecule has 0 aromatic rings. The number of ether oxygens (including phenoxy) is 1. The second kappa shape index (κ2) is 7.02. The van der Waals surface area contributed by atoms with Crippen LogP contribution in [0.5, 0.6) is 0 Å². The van der Waals surface area contributed by atoms with Crippen molar-refractivity contribution >= 4 is 12.0 Å². The Morgan fingerprint density at radius 1 is 1.31 bits per heavy atom. The Morgan fingerprint density at radius 2 is 1.88 bits per heavy atom.